The van der Waals surface area contributed by atoms with E-state index in [1.54, 1.807) is 7.11 Å². The van der Waals surface area contributed by atoms with Crippen LogP contribution in [0.2, 0.25) is 0 Å². The molecule has 0 N–H and O–H groups in total. The van der Waals surface area contributed by atoms with E-state index in [2.05, 4.69) is 25.1 Å². The van der Waals surface area contributed by atoms with E-state index in [4.69, 9.17) is 13.9 Å². The van der Waals surface area contributed by atoms with E-state index in [0.717, 1.165) is 43.6 Å². The average Bonchev–Trinajstić information content (AvgIpc) is 2.69. The molecule has 1 aliphatic rings. The lowest BCUT2D eigenvalue weighted by Crippen LogP contribution is -2.13. The summed E-state index contributed by atoms with van der Waals surface area (Å²) in [5.74, 6) is 2.22. The molecule has 0 radical (unpaired) electrons. The van der Waals surface area contributed by atoms with Gasteiger partial charge in [-0.15, -0.1) is 0 Å². The van der Waals surface area contributed by atoms with Gasteiger partial charge in [-0.2, -0.15) is 0 Å². The predicted octanol–water partition coefficient (Wildman–Crippen LogP) is 3.40. The van der Waals surface area contributed by atoms with Crippen molar-refractivity contribution in [2.45, 2.75) is 45.1 Å². The van der Waals surface area contributed by atoms with Gasteiger partial charge in [0.15, 0.2) is 0 Å². The van der Waals surface area contributed by atoms with Crippen LogP contribution in [-0.2, 0) is 22.3 Å². The van der Waals surface area contributed by atoms with E-state index in [1.165, 1.54) is 5.56 Å². The van der Waals surface area contributed by atoms with Crippen LogP contribution in [0.25, 0.3) is 0 Å². The van der Waals surface area contributed by atoms with Crippen molar-refractivity contribution in [2.75, 3.05) is 13.9 Å². The number of hydrogen-bond acceptors (Lipinski definition) is 3. The summed E-state index contributed by atoms with van der Waals surface area (Å²) in [6.07, 6.45) is 9.57. The summed E-state index contributed by atoms with van der Waals surface area (Å²) >= 11 is 0. The second-order valence-electron chi connectivity index (χ2n) is 4.79. The zero-order chi connectivity index (χ0) is 12.8. The third kappa shape index (κ3) is 3.72. The topological polar surface area (TPSA) is 31.6 Å². The Morgan fingerprint density at radius 2 is 2.28 bits per heavy atom. The molecule has 1 atom stereocenters. The maximum absolute atomic E-state index is 5.88. The van der Waals surface area contributed by atoms with Crippen molar-refractivity contribution in [3.63, 3.8) is 0 Å². The highest BCUT2D eigenvalue weighted by Gasteiger charge is 2.12. The summed E-state index contributed by atoms with van der Waals surface area (Å²) in [5.41, 5.74) is 1.28. The van der Waals surface area contributed by atoms with Crippen LogP contribution in [0.4, 0.5) is 0 Å². The van der Waals surface area contributed by atoms with Gasteiger partial charge in [-0.05, 0) is 37.8 Å². The number of furan rings is 1. The molecule has 100 valence electrons. The molecular formula is C15H22O3. The molecule has 0 spiro atoms. The second-order valence-corrected chi connectivity index (χ2v) is 4.79. The maximum atomic E-state index is 5.88. The van der Waals surface area contributed by atoms with Crippen LogP contribution < -0.4 is 0 Å². The van der Waals surface area contributed by atoms with E-state index in [9.17, 15) is 0 Å². The maximum Gasteiger partial charge on any atom is 0.147 e. The molecule has 18 heavy (non-hydrogen) atoms. The van der Waals surface area contributed by atoms with Gasteiger partial charge in [0.25, 0.3) is 0 Å². The zero-order valence-electron chi connectivity index (χ0n) is 11.3. The molecule has 1 aromatic heterocycles. The smallest absolute Gasteiger partial charge is 0.147 e. The number of hydrogen-bond donors (Lipinski definition) is 0. The first-order valence-corrected chi connectivity index (χ1v) is 6.65. The molecule has 1 unspecified atom stereocenters. The lowest BCUT2D eigenvalue weighted by molar-refractivity contribution is -0.0576. The summed E-state index contributed by atoms with van der Waals surface area (Å²) < 4.78 is 16.5. The molecular weight excluding hydrogens is 228 g/mol. The minimum absolute atomic E-state index is 0.122. The van der Waals surface area contributed by atoms with Gasteiger partial charge in [0.05, 0.1) is 6.10 Å². The Morgan fingerprint density at radius 3 is 3.11 bits per heavy atom. The molecule has 0 amide bonds. The van der Waals surface area contributed by atoms with E-state index in [1.807, 2.05) is 0 Å². The predicted molar refractivity (Wildman–Crippen MR) is 70.6 cm³/mol. The summed E-state index contributed by atoms with van der Waals surface area (Å²) in [7, 11) is 1.65. The molecule has 0 saturated carbocycles. The van der Waals surface area contributed by atoms with Crippen LogP contribution in [0.15, 0.2) is 22.6 Å². The molecule has 0 fully saturated rings. The van der Waals surface area contributed by atoms with Crippen molar-refractivity contribution >= 4 is 0 Å². The second kappa shape index (κ2) is 6.76. The Labute approximate surface area is 109 Å². The first kappa shape index (κ1) is 13.4. The van der Waals surface area contributed by atoms with Crippen molar-refractivity contribution in [3.8, 4) is 0 Å². The standard InChI is InChI=1S/C15H22O3/c1-12-10-14-9-8-13(17-11-16-2)6-4-3-5-7-15(12)18-14/h4,6,10,13H,3,5,7-9,11H2,1-2H3/b6-4-. The van der Waals surface area contributed by atoms with Crippen molar-refractivity contribution in [2.24, 2.45) is 0 Å². The molecule has 3 heteroatoms. The molecule has 2 heterocycles. The molecule has 0 aromatic carbocycles. The van der Waals surface area contributed by atoms with Crippen molar-refractivity contribution < 1.29 is 13.9 Å². The molecule has 1 aromatic rings. The lowest BCUT2D eigenvalue weighted by Gasteiger charge is -2.12. The van der Waals surface area contributed by atoms with E-state index in [-0.39, 0.29) is 6.10 Å². The highest BCUT2D eigenvalue weighted by Crippen LogP contribution is 2.20. The average molecular weight is 250 g/mol. The largest absolute Gasteiger partial charge is 0.466 e. The number of rotatable bonds is 3. The van der Waals surface area contributed by atoms with Gasteiger partial charge < -0.3 is 13.9 Å². The van der Waals surface area contributed by atoms with Crippen LogP contribution in [0.1, 0.15) is 36.3 Å². The van der Waals surface area contributed by atoms with Gasteiger partial charge in [-0.25, -0.2) is 0 Å². The summed E-state index contributed by atoms with van der Waals surface area (Å²) in [6, 6.07) is 2.16. The Balaban J connectivity index is 2.03. The van der Waals surface area contributed by atoms with Gasteiger partial charge in [0.2, 0.25) is 0 Å². The highest BCUT2D eigenvalue weighted by molar-refractivity contribution is 5.20. The number of fused-ring (bicyclic) bond motifs is 2. The van der Waals surface area contributed by atoms with Crippen LogP contribution in [-0.4, -0.2) is 20.0 Å². The lowest BCUT2D eigenvalue weighted by atomic mass is 10.1. The van der Waals surface area contributed by atoms with Crippen molar-refractivity contribution in [3.05, 3.63) is 35.3 Å². The summed E-state index contributed by atoms with van der Waals surface area (Å²) in [4.78, 5) is 0. The SMILES string of the molecule is COCOC1/C=C\CCCc2oc(cc2C)CC1. The zero-order valence-corrected chi connectivity index (χ0v) is 11.3. The Morgan fingerprint density at radius 1 is 1.39 bits per heavy atom. The first-order valence-electron chi connectivity index (χ1n) is 6.65. The quantitative estimate of drug-likeness (QED) is 0.608. The van der Waals surface area contributed by atoms with Crippen LogP contribution in [0, 0.1) is 6.92 Å². The normalized spacial score (nSPS) is 22.4. The van der Waals surface area contributed by atoms with Crippen molar-refractivity contribution in [1.82, 2.24) is 0 Å². The minimum Gasteiger partial charge on any atom is -0.466 e. The van der Waals surface area contributed by atoms with Gasteiger partial charge in [0.1, 0.15) is 18.3 Å². The highest BCUT2D eigenvalue weighted by atomic mass is 16.7. The summed E-state index contributed by atoms with van der Waals surface area (Å²) in [6.45, 7) is 2.47. The Hall–Kier alpha value is -1.06. The first-order chi connectivity index (χ1) is 8.79. The van der Waals surface area contributed by atoms with Gasteiger partial charge in [-0.3, -0.25) is 0 Å². The number of aryl methyl sites for hydroxylation is 3. The number of allylic oxidation sites excluding steroid dienone is 1. The molecule has 3 nitrogen and oxygen atoms in total. The fraction of sp³-hybridized carbons (Fsp3) is 0.600. The number of ether oxygens (including phenoxy) is 2. The van der Waals surface area contributed by atoms with Crippen LogP contribution in [0.3, 0.4) is 0 Å². The fourth-order valence-corrected chi connectivity index (χ4v) is 2.27. The molecule has 2 bridgehead atoms. The van der Waals surface area contributed by atoms with Gasteiger partial charge >= 0.3 is 0 Å². The van der Waals surface area contributed by atoms with E-state index >= 15 is 0 Å². The fourth-order valence-electron chi connectivity index (χ4n) is 2.27. The number of methoxy groups -OCH3 is 1. The van der Waals surface area contributed by atoms with Crippen LogP contribution >= 0.6 is 0 Å². The van der Waals surface area contributed by atoms with Gasteiger partial charge in [-0.1, -0.05) is 12.2 Å². The molecule has 0 aliphatic carbocycles. The van der Waals surface area contributed by atoms with Crippen LogP contribution in [0.5, 0.6) is 0 Å². The molecule has 0 saturated heterocycles. The third-order valence-electron chi connectivity index (χ3n) is 3.27. The van der Waals surface area contributed by atoms with Crippen molar-refractivity contribution in [1.29, 1.82) is 0 Å². The Kier molecular flexibility index (Phi) is 5.02. The summed E-state index contributed by atoms with van der Waals surface area (Å²) in [5, 5.41) is 0. The third-order valence-corrected chi connectivity index (χ3v) is 3.27. The monoisotopic (exact) mass is 250 g/mol. The molecule has 1 aliphatic heterocycles. The minimum atomic E-state index is 0.122. The Bertz CT molecular complexity index is 392. The van der Waals surface area contributed by atoms with E-state index < -0.39 is 0 Å². The van der Waals surface area contributed by atoms with E-state index in [0.29, 0.717) is 6.79 Å². The molecule has 2 rings (SSSR count). The van der Waals surface area contributed by atoms with Gasteiger partial charge in [0, 0.05) is 20.0 Å².